The minimum atomic E-state index is -3.59. The number of sulfonamides is 1. The number of hydrogen-bond acceptors (Lipinski definition) is 5. The summed E-state index contributed by atoms with van der Waals surface area (Å²) in [6.07, 6.45) is 0. The average Bonchev–Trinajstić information content (AvgIpc) is 2.70. The van der Waals surface area contributed by atoms with Crippen molar-refractivity contribution in [3.63, 3.8) is 0 Å². The van der Waals surface area contributed by atoms with E-state index in [9.17, 15) is 8.42 Å². The molecule has 1 saturated heterocycles. The molecule has 27 heavy (non-hydrogen) atoms. The topological polar surface area (TPSA) is 67.9 Å². The van der Waals surface area contributed by atoms with Crippen LogP contribution < -0.4 is 9.46 Å². The van der Waals surface area contributed by atoms with Crippen molar-refractivity contribution in [1.29, 1.82) is 0 Å². The predicted molar refractivity (Wildman–Crippen MR) is 107 cm³/mol. The lowest BCUT2D eigenvalue weighted by atomic mass is 10.0. The molecule has 0 saturated carbocycles. The van der Waals surface area contributed by atoms with Crippen LogP contribution in [0, 0.1) is 0 Å². The van der Waals surface area contributed by atoms with E-state index in [2.05, 4.69) is 25.6 Å². The van der Waals surface area contributed by atoms with Crippen LogP contribution >= 0.6 is 15.9 Å². The summed E-state index contributed by atoms with van der Waals surface area (Å²) in [6.45, 7) is 3.09. The van der Waals surface area contributed by atoms with Crippen molar-refractivity contribution in [1.82, 2.24) is 9.62 Å². The van der Waals surface area contributed by atoms with Crippen LogP contribution in [0.25, 0.3) is 0 Å². The lowest BCUT2D eigenvalue weighted by molar-refractivity contribution is 0.0172. The summed E-state index contributed by atoms with van der Waals surface area (Å²) >= 11 is 3.32. The molecule has 1 aliphatic rings. The lowest BCUT2D eigenvalue weighted by Crippen LogP contribution is -2.43. The van der Waals surface area contributed by atoms with Crippen LogP contribution in [0.15, 0.2) is 57.9 Å². The second kappa shape index (κ2) is 9.16. The van der Waals surface area contributed by atoms with E-state index in [1.807, 2.05) is 24.3 Å². The predicted octanol–water partition coefficient (Wildman–Crippen LogP) is 2.81. The maximum atomic E-state index is 12.7. The van der Waals surface area contributed by atoms with Crippen LogP contribution in [-0.4, -0.2) is 53.3 Å². The lowest BCUT2D eigenvalue weighted by Gasteiger charge is -2.35. The van der Waals surface area contributed by atoms with Crippen LogP contribution in [0.2, 0.25) is 0 Å². The van der Waals surface area contributed by atoms with Gasteiger partial charge in [-0.2, -0.15) is 0 Å². The highest BCUT2D eigenvalue weighted by atomic mass is 79.9. The van der Waals surface area contributed by atoms with E-state index in [-0.39, 0.29) is 17.5 Å². The summed E-state index contributed by atoms with van der Waals surface area (Å²) in [7, 11) is -1.96. The van der Waals surface area contributed by atoms with Gasteiger partial charge in [0.05, 0.1) is 25.2 Å². The third-order valence-corrected chi connectivity index (χ3v) is 6.55. The van der Waals surface area contributed by atoms with Gasteiger partial charge < -0.3 is 9.47 Å². The molecule has 6 nitrogen and oxygen atoms in total. The molecule has 0 spiro atoms. The number of rotatable bonds is 7. The Morgan fingerprint density at radius 1 is 1.11 bits per heavy atom. The summed E-state index contributed by atoms with van der Waals surface area (Å²) in [6, 6.07) is 14.3. The quantitative estimate of drug-likeness (QED) is 0.696. The molecule has 1 fully saturated rings. The first-order chi connectivity index (χ1) is 13.0. The van der Waals surface area contributed by atoms with Gasteiger partial charge in [-0.25, -0.2) is 13.1 Å². The third kappa shape index (κ3) is 5.30. The van der Waals surface area contributed by atoms with Gasteiger partial charge in [0.15, 0.2) is 0 Å². The van der Waals surface area contributed by atoms with E-state index in [0.717, 1.165) is 28.9 Å². The first kappa shape index (κ1) is 20.3. The monoisotopic (exact) mass is 454 g/mol. The Kier molecular flexibility index (Phi) is 6.88. The fourth-order valence-electron chi connectivity index (χ4n) is 3.06. The molecule has 0 aliphatic carbocycles. The van der Waals surface area contributed by atoms with Crippen LogP contribution in [0.1, 0.15) is 11.6 Å². The minimum Gasteiger partial charge on any atom is -0.497 e. The number of ether oxygens (including phenoxy) is 2. The Labute approximate surface area is 168 Å². The van der Waals surface area contributed by atoms with E-state index in [4.69, 9.17) is 9.47 Å². The van der Waals surface area contributed by atoms with Crippen LogP contribution in [0.3, 0.4) is 0 Å². The van der Waals surface area contributed by atoms with Gasteiger partial charge in [0, 0.05) is 30.1 Å². The number of nitrogens with zero attached hydrogens (tertiary/aromatic N) is 1. The highest BCUT2D eigenvalue weighted by molar-refractivity contribution is 9.10. The summed E-state index contributed by atoms with van der Waals surface area (Å²) in [5, 5.41) is 0. The second-order valence-corrected chi connectivity index (χ2v) is 8.93. The first-order valence-electron chi connectivity index (χ1n) is 8.70. The molecule has 3 rings (SSSR count). The van der Waals surface area contributed by atoms with E-state index in [1.54, 1.807) is 31.4 Å². The van der Waals surface area contributed by atoms with E-state index in [0.29, 0.717) is 13.2 Å². The third-order valence-electron chi connectivity index (χ3n) is 4.58. The SMILES string of the molecule is COc1ccc(C(CNS(=O)(=O)c2ccc(Br)cc2)N2CCOCC2)cc1. The first-order valence-corrected chi connectivity index (χ1v) is 11.0. The minimum absolute atomic E-state index is 0.0787. The average molecular weight is 455 g/mol. The molecular formula is C19H23BrN2O4S. The van der Waals surface area contributed by atoms with Gasteiger partial charge in [-0.3, -0.25) is 4.90 Å². The Hall–Kier alpha value is -1.45. The molecule has 0 bridgehead atoms. The summed E-state index contributed by atoms with van der Waals surface area (Å²) in [5.74, 6) is 0.773. The molecule has 1 N–H and O–H groups in total. The number of benzene rings is 2. The Morgan fingerprint density at radius 3 is 2.33 bits per heavy atom. The highest BCUT2D eigenvalue weighted by Gasteiger charge is 2.25. The molecule has 0 radical (unpaired) electrons. The zero-order valence-electron chi connectivity index (χ0n) is 15.1. The van der Waals surface area contributed by atoms with Crippen molar-refractivity contribution in [3.05, 3.63) is 58.6 Å². The van der Waals surface area contributed by atoms with Gasteiger partial charge in [0.1, 0.15) is 5.75 Å². The van der Waals surface area contributed by atoms with Crippen molar-refractivity contribution in [2.45, 2.75) is 10.9 Å². The van der Waals surface area contributed by atoms with Gasteiger partial charge in [0.2, 0.25) is 10.0 Å². The van der Waals surface area contributed by atoms with Crippen LogP contribution in [0.5, 0.6) is 5.75 Å². The molecule has 146 valence electrons. The summed E-state index contributed by atoms with van der Waals surface area (Å²) in [4.78, 5) is 2.50. The van der Waals surface area contributed by atoms with Crippen LogP contribution in [0.4, 0.5) is 0 Å². The standard InChI is InChI=1S/C19H23BrN2O4S/c1-25-17-6-2-15(3-7-17)19(22-10-12-26-13-11-22)14-21-27(23,24)18-8-4-16(20)5-9-18/h2-9,19,21H,10-14H2,1H3. The normalized spacial score (nSPS) is 16.8. The number of methoxy groups -OCH3 is 1. The fraction of sp³-hybridized carbons (Fsp3) is 0.368. The Morgan fingerprint density at radius 2 is 1.74 bits per heavy atom. The van der Waals surface area contributed by atoms with Crippen molar-refractivity contribution >= 4 is 26.0 Å². The highest BCUT2D eigenvalue weighted by Crippen LogP contribution is 2.24. The number of halogens is 1. The van der Waals surface area contributed by atoms with Gasteiger partial charge in [0.25, 0.3) is 0 Å². The molecular weight excluding hydrogens is 432 g/mol. The Balaban J connectivity index is 1.78. The summed E-state index contributed by atoms with van der Waals surface area (Å²) in [5.41, 5.74) is 1.04. The number of hydrogen-bond donors (Lipinski definition) is 1. The van der Waals surface area contributed by atoms with Crippen LogP contribution in [-0.2, 0) is 14.8 Å². The van der Waals surface area contributed by atoms with E-state index >= 15 is 0 Å². The van der Waals surface area contributed by atoms with E-state index in [1.165, 1.54) is 0 Å². The van der Waals surface area contributed by atoms with Gasteiger partial charge >= 0.3 is 0 Å². The molecule has 8 heteroatoms. The second-order valence-electron chi connectivity index (χ2n) is 6.24. The molecule has 1 aliphatic heterocycles. The van der Waals surface area contributed by atoms with Gasteiger partial charge in [-0.05, 0) is 42.0 Å². The van der Waals surface area contributed by atoms with Crippen molar-refractivity contribution < 1.29 is 17.9 Å². The molecule has 0 amide bonds. The molecule has 2 aromatic carbocycles. The van der Waals surface area contributed by atoms with Crippen molar-refractivity contribution in [2.24, 2.45) is 0 Å². The molecule has 0 aromatic heterocycles. The zero-order valence-corrected chi connectivity index (χ0v) is 17.5. The molecule has 1 heterocycles. The molecule has 1 unspecified atom stereocenters. The number of nitrogens with one attached hydrogen (secondary N) is 1. The summed E-state index contributed by atoms with van der Waals surface area (Å²) < 4.78 is 39.6. The van der Waals surface area contributed by atoms with E-state index < -0.39 is 10.0 Å². The van der Waals surface area contributed by atoms with Crippen molar-refractivity contribution in [3.8, 4) is 5.75 Å². The fourth-order valence-corrected chi connectivity index (χ4v) is 4.36. The smallest absolute Gasteiger partial charge is 0.240 e. The number of morpholine rings is 1. The largest absolute Gasteiger partial charge is 0.497 e. The molecule has 2 aromatic rings. The van der Waals surface area contributed by atoms with Gasteiger partial charge in [-0.1, -0.05) is 28.1 Å². The molecule has 1 atom stereocenters. The van der Waals surface area contributed by atoms with Crippen molar-refractivity contribution in [2.75, 3.05) is 40.0 Å². The zero-order chi connectivity index (χ0) is 19.3. The maximum absolute atomic E-state index is 12.7. The Bertz CT molecular complexity index is 835. The van der Waals surface area contributed by atoms with Gasteiger partial charge in [-0.15, -0.1) is 0 Å². The maximum Gasteiger partial charge on any atom is 0.240 e.